The van der Waals surface area contributed by atoms with Crippen LogP contribution >= 0.6 is 0 Å². The van der Waals surface area contributed by atoms with Crippen LogP contribution in [0.3, 0.4) is 0 Å². The number of phenolic OH excluding ortho intramolecular Hbond substituents is 2. The molecule has 3 aliphatic heterocycles. The number of aromatic hydroxyl groups is 2. The maximum absolute atomic E-state index is 16.4. The molecule has 0 spiro atoms. The van der Waals surface area contributed by atoms with Gasteiger partial charge in [-0.25, -0.2) is 0 Å². The summed E-state index contributed by atoms with van der Waals surface area (Å²) in [6.07, 6.45) is 13.8. The van der Waals surface area contributed by atoms with Crippen molar-refractivity contribution in [2.45, 2.75) is 138 Å². The summed E-state index contributed by atoms with van der Waals surface area (Å²) in [5, 5.41) is 82.1. The number of anilines is 1. The lowest BCUT2D eigenvalue weighted by molar-refractivity contribution is -0.135. The van der Waals surface area contributed by atoms with Crippen molar-refractivity contribution in [1.29, 1.82) is 0 Å². The zero-order chi connectivity index (χ0) is 59.8. The predicted octanol–water partition coefficient (Wildman–Crippen LogP) is 11.1. The summed E-state index contributed by atoms with van der Waals surface area (Å²) in [5.41, 5.74) is 10.1. The van der Waals surface area contributed by atoms with Crippen molar-refractivity contribution >= 4 is 29.5 Å². The van der Waals surface area contributed by atoms with Gasteiger partial charge in [0, 0.05) is 73.0 Å². The fourth-order valence-corrected chi connectivity index (χ4v) is 15.1. The molecule has 2 aromatic heterocycles. The van der Waals surface area contributed by atoms with E-state index in [9.17, 15) is 30.6 Å². The Balaban J connectivity index is 1.06. The second-order valence-electron chi connectivity index (χ2n) is 25.2. The molecule has 3 aliphatic carbocycles. The van der Waals surface area contributed by atoms with Crippen LogP contribution in [0, 0.1) is 29.6 Å². The summed E-state index contributed by atoms with van der Waals surface area (Å²) >= 11 is 0. The molecule has 6 aliphatic rings. The van der Waals surface area contributed by atoms with E-state index in [0.717, 1.165) is 87.9 Å². The van der Waals surface area contributed by atoms with Gasteiger partial charge in [0.15, 0.2) is 17.3 Å². The van der Waals surface area contributed by atoms with Gasteiger partial charge in [-0.15, -0.1) is 0 Å². The van der Waals surface area contributed by atoms with E-state index in [1.807, 2.05) is 67.0 Å². The van der Waals surface area contributed by atoms with Crippen molar-refractivity contribution in [3.05, 3.63) is 200 Å². The quantitative estimate of drug-likeness (QED) is 0.0484. The number of benzene rings is 5. The van der Waals surface area contributed by atoms with Crippen LogP contribution in [0.15, 0.2) is 133 Å². The zero-order valence-electron chi connectivity index (χ0n) is 49.1. The Labute approximate surface area is 508 Å². The molecule has 0 amide bonds. The Kier molecular flexibility index (Phi) is 16.7. The smallest absolute Gasteiger partial charge is 0.163 e. The number of carbonyl (C=O) groups is 2. The van der Waals surface area contributed by atoms with Gasteiger partial charge in [0.05, 0.1) is 29.6 Å². The third kappa shape index (κ3) is 11.9. The number of ether oxygens (including phenoxy) is 1. The molecule has 0 saturated heterocycles. The highest BCUT2D eigenvalue weighted by Gasteiger charge is 2.47. The fourth-order valence-electron chi connectivity index (χ4n) is 15.1. The number of hydrogen-bond donors (Lipinski definition) is 10. The van der Waals surface area contributed by atoms with Gasteiger partial charge in [-0.05, 0) is 193 Å². The SMILES string of the molecule is O=C1CCc2cc(OC3CCCC3)c(O)c(c2)C(O)c2cc3c4cc2-c2ccccc2CCCNCC(C#CC(Nc2[nH]ccc2C3)C2=Cc3[nH]ccc3C(CC3(O)C=Cc5c(O)cccc5CC3)C2C(=O)C1CCO)C(O)C4CCc1ccccc1. The zero-order valence-corrected chi connectivity index (χ0v) is 49.1. The summed E-state index contributed by atoms with van der Waals surface area (Å²) in [6, 6.07) is 34.8. The molecule has 9 unspecified atom stereocenters. The van der Waals surface area contributed by atoms with Crippen molar-refractivity contribution in [1.82, 2.24) is 15.3 Å². The average molecular weight is 1170 g/mol. The van der Waals surface area contributed by atoms with Crippen LogP contribution in [0.25, 0.3) is 23.3 Å². The number of phenols is 2. The second kappa shape index (κ2) is 25.0. The van der Waals surface area contributed by atoms with Crippen LogP contribution in [0.1, 0.15) is 149 Å². The first kappa shape index (κ1) is 58.1. The molecule has 7 aromatic rings. The molecule has 13 rings (SSSR count). The fraction of sp³-hybridized carbons (Fsp3) is 0.378. The molecule has 1 saturated carbocycles. The molecule has 9 atom stereocenters. The number of H-pyrrole nitrogens is 2. The number of aryl methyl sites for hydroxylation is 4. The topological polar surface area (TPSA) is 220 Å². The Morgan fingerprint density at radius 3 is 2.38 bits per heavy atom. The number of rotatable bonds is 9. The van der Waals surface area contributed by atoms with Crippen LogP contribution in [-0.4, -0.2) is 95.7 Å². The molecular weight excluding hydrogens is 1090 g/mol. The molecular formula is C74H78N4O9. The van der Waals surface area contributed by atoms with Crippen molar-refractivity contribution in [2.24, 2.45) is 17.8 Å². The van der Waals surface area contributed by atoms with E-state index in [-0.39, 0.29) is 66.8 Å². The van der Waals surface area contributed by atoms with Gasteiger partial charge in [-0.1, -0.05) is 103 Å². The number of Topliss-reactive ketones (excluding diaryl/α,β-unsaturated/α-hetero) is 2. The summed E-state index contributed by atoms with van der Waals surface area (Å²) in [4.78, 5) is 38.7. The Morgan fingerprint density at radius 2 is 1.53 bits per heavy atom. The summed E-state index contributed by atoms with van der Waals surface area (Å²) < 4.78 is 6.67. The van der Waals surface area contributed by atoms with Crippen LogP contribution in [-0.2, 0) is 41.7 Å². The van der Waals surface area contributed by atoms with Gasteiger partial charge >= 0.3 is 0 Å². The maximum atomic E-state index is 16.4. The number of carbonyl (C=O) groups excluding carboxylic acids is 2. The monoisotopic (exact) mass is 1170 g/mol. The highest BCUT2D eigenvalue weighted by atomic mass is 16.5. The molecule has 87 heavy (non-hydrogen) atoms. The van der Waals surface area contributed by atoms with Gasteiger partial charge < -0.3 is 56.0 Å². The minimum absolute atomic E-state index is 0.0620. The largest absolute Gasteiger partial charge is 0.507 e. The number of hydrogen-bond acceptors (Lipinski definition) is 11. The first-order valence-electron chi connectivity index (χ1n) is 31.5. The standard InChI is InChI=1S/C74H78N4O9/c79-35-29-56-66(81)24-20-45-36-61(71(84)67(37-45)87-51-15-5-6-16-51)70(83)59-39-50-38-48-27-33-77-73(48)78-63(60-41-64-54(28-34-76-64)62(68(60)72(56)85)42-74(86)30-25-47-13-8-18-65(80)53(47)26-31-74)23-21-49-43-75-32-9-14-46-12-4-7-17-52(46)58(59)40-57(50)55(69(49)82)22-19-44-10-2-1-3-11-44/h1-4,7-8,10-13,17-18,26-28,31,33-34,36-37,39-41,49,51,55-56,62-63,68-70,75-80,82-84,86H,5-6,9,14-16,19-20,22,24-25,29-30,32,35,38,42-43H2. The van der Waals surface area contributed by atoms with Gasteiger partial charge in [0.2, 0.25) is 0 Å². The van der Waals surface area contributed by atoms with Crippen molar-refractivity contribution < 1.29 is 45.0 Å². The predicted molar refractivity (Wildman–Crippen MR) is 337 cm³/mol. The van der Waals surface area contributed by atoms with E-state index >= 15 is 9.59 Å². The number of fused-ring (bicyclic) bond motifs is 14. The van der Waals surface area contributed by atoms with Gasteiger partial charge in [-0.3, -0.25) is 9.59 Å². The summed E-state index contributed by atoms with van der Waals surface area (Å²) in [5.74, 6) is 3.07. The number of aromatic nitrogens is 2. The van der Waals surface area contributed by atoms with Crippen LogP contribution in [0.2, 0.25) is 0 Å². The number of aromatic amines is 2. The van der Waals surface area contributed by atoms with Crippen LogP contribution in [0.5, 0.6) is 17.2 Å². The lowest BCUT2D eigenvalue weighted by Crippen LogP contribution is -2.43. The lowest BCUT2D eigenvalue weighted by atomic mass is 9.65. The number of aliphatic hydroxyl groups is 4. The Bertz CT molecular complexity index is 3820. The van der Waals surface area contributed by atoms with E-state index in [1.54, 1.807) is 36.4 Å². The molecule has 448 valence electrons. The van der Waals surface area contributed by atoms with Gasteiger partial charge in [0.1, 0.15) is 29.5 Å². The number of ketones is 2. The number of aliphatic hydroxyl groups excluding tert-OH is 3. The number of nitrogens with one attached hydrogen (secondary N) is 4. The van der Waals surface area contributed by atoms with Crippen molar-refractivity contribution in [3.63, 3.8) is 0 Å². The first-order chi connectivity index (χ1) is 42.4. The van der Waals surface area contributed by atoms with Crippen LogP contribution in [0.4, 0.5) is 5.82 Å². The minimum atomic E-state index is -1.49. The molecule has 10 N–H and O–H groups in total. The molecule has 1 fully saturated rings. The van der Waals surface area contributed by atoms with Gasteiger partial charge in [0.25, 0.3) is 0 Å². The molecule has 0 radical (unpaired) electrons. The highest BCUT2D eigenvalue weighted by Crippen LogP contribution is 2.50. The van der Waals surface area contributed by atoms with E-state index in [4.69, 9.17) is 4.74 Å². The molecule has 8 bridgehead atoms. The van der Waals surface area contributed by atoms with Crippen molar-refractivity contribution in [2.75, 3.05) is 25.0 Å². The Hall–Kier alpha value is -7.96. The first-order valence-corrected chi connectivity index (χ1v) is 31.5. The second-order valence-corrected chi connectivity index (χ2v) is 25.2. The highest BCUT2D eigenvalue weighted by molar-refractivity contribution is 6.05. The average Bonchev–Trinajstić information content (AvgIpc) is 1.81. The minimum Gasteiger partial charge on any atom is -0.507 e. The van der Waals surface area contributed by atoms with Crippen molar-refractivity contribution in [3.8, 4) is 40.2 Å². The van der Waals surface area contributed by atoms with E-state index in [1.165, 1.54) is 0 Å². The third-order valence-electron chi connectivity index (χ3n) is 19.7. The maximum Gasteiger partial charge on any atom is 0.163 e. The van der Waals surface area contributed by atoms with E-state index in [0.29, 0.717) is 73.3 Å². The van der Waals surface area contributed by atoms with Gasteiger partial charge in [-0.2, -0.15) is 0 Å². The molecule has 13 nitrogen and oxygen atoms in total. The third-order valence-corrected chi connectivity index (χ3v) is 19.7. The molecule has 5 aromatic carbocycles. The summed E-state index contributed by atoms with van der Waals surface area (Å²) in [6.45, 7) is 0.507. The van der Waals surface area contributed by atoms with E-state index in [2.05, 4.69) is 68.8 Å². The molecule has 13 heteroatoms. The Morgan fingerprint density at radius 1 is 0.713 bits per heavy atom. The lowest BCUT2D eigenvalue weighted by Gasteiger charge is -2.39. The normalized spacial score (nSPS) is 25.5. The van der Waals surface area contributed by atoms with E-state index < -0.39 is 65.8 Å². The molecule has 5 heterocycles. The summed E-state index contributed by atoms with van der Waals surface area (Å²) in [7, 11) is 0. The van der Waals surface area contributed by atoms with Crippen LogP contribution < -0.4 is 15.4 Å².